The molecule has 4 rings (SSSR count). The first kappa shape index (κ1) is 14.7. The first-order chi connectivity index (χ1) is 11.6. The van der Waals surface area contributed by atoms with Crippen molar-refractivity contribution in [2.75, 3.05) is 7.11 Å². The Morgan fingerprint density at radius 3 is 2.42 bits per heavy atom. The topological polar surface area (TPSA) is 53.2 Å². The zero-order valence-corrected chi connectivity index (χ0v) is 14.0. The van der Waals surface area contributed by atoms with Gasteiger partial charge in [-0.05, 0) is 30.3 Å². The molecule has 0 radical (unpaired) electrons. The summed E-state index contributed by atoms with van der Waals surface area (Å²) in [7, 11) is 3.27. The number of aryl methyl sites for hydroxylation is 1. The molecule has 0 bridgehead atoms. The van der Waals surface area contributed by atoms with E-state index in [1.54, 1.807) is 43.0 Å². The predicted octanol–water partition coefficient (Wildman–Crippen LogP) is 2.91. The van der Waals surface area contributed by atoms with Gasteiger partial charge in [-0.3, -0.25) is 9.36 Å². The minimum absolute atomic E-state index is 0.292. The van der Waals surface area contributed by atoms with Gasteiger partial charge in [0.05, 0.1) is 18.3 Å². The van der Waals surface area contributed by atoms with E-state index >= 15 is 0 Å². The fourth-order valence-corrected chi connectivity index (χ4v) is 4.07. The minimum atomic E-state index is -0.360. The van der Waals surface area contributed by atoms with Crippen molar-refractivity contribution in [2.24, 2.45) is 7.05 Å². The van der Waals surface area contributed by atoms with Crippen LogP contribution in [-0.4, -0.2) is 16.2 Å². The van der Waals surface area contributed by atoms with Crippen LogP contribution in [0, 0.1) is 0 Å². The summed E-state index contributed by atoms with van der Waals surface area (Å²) in [6.07, 6.45) is 0. The minimum Gasteiger partial charge on any atom is -0.497 e. The molecule has 0 aliphatic heterocycles. The van der Waals surface area contributed by atoms with E-state index in [2.05, 4.69) is 0 Å². The smallest absolute Gasteiger partial charge is 0.335 e. The van der Waals surface area contributed by atoms with Crippen LogP contribution >= 0.6 is 11.3 Å². The summed E-state index contributed by atoms with van der Waals surface area (Å²) in [5.41, 5.74) is 0.566. The van der Waals surface area contributed by atoms with Crippen LogP contribution in [-0.2, 0) is 7.05 Å². The Morgan fingerprint density at radius 2 is 1.71 bits per heavy atom. The highest BCUT2D eigenvalue weighted by molar-refractivity contribution is 7.25. The Hall–Kier alpha value is -2.86. The van der Waals surface area contributed by atoms with Gasteiger partial charge in [0.1, 0.15) is 10.4 Å². The van der Waals surface area contributed by atoms with Gasteiger partial charge in [-0.1, -0.05) is 18.2 Å². The summed E-state index contributed by atoms with van der Waals surface area (Å²) in [5.74, 6) is 0.673. The molecule has 0 saturated heterocycles. The Kier molecular flexibility index (Phi) is 3.28. The van der Waals surface area contributed by atoms with Gasteiger partial charge >= 0.3 is 5.69 Å². The maximum Gasteiger partial charge on any atom is 0.335 e. The normalized spacial score (nSPS) is 11.2. The second-order valence-electron chi connectivity index (χ2n) is 5.46. The molecule has 24 heavy (non-hydrogen) atoms. The van der Waals surface area contributed by atoms with Crippen LogP contribution in [0.3, 0.4) is 0 Å². The van der Waals surface area contributed by atoms with E-state index in [9.17, 15) is 9.59 Å². The SMILES string of the molecule is COc1ccc(-n2c(=O)c3sc4ccccc4c3n(C)c2=O)cc1. The fourth-order valence-electron chi connectivity index (χ4n) is 2.90. The molecular formula is C18H14N2O3S. The van der Waals surface area contributed by atoms with Crippen LogP contribution in [0.2, 0.25) is 0 Å². The van der Waals surface area contributed by atoms with Crippen LogP contribution < -0.4 is 16.0 Å². The van der Waals surface area contributed by atoms with Crippen molar-refractivity contribution in [3.8, 4) is 11.4 Å². The van der Waals surface area contributed by atoms with Crippen molar-refractivity contribution in [2.45, 2.75) is 0 Å². The van der Waals surface area contributed by atoms with Gasteiger partial charge in [0, 0.05) is 17.1 Å². The van der Waals surface area contributed by atoms with E-state index in [-0.39, 0.29) is 11.2 Å². The molecule has 5 nitrogen and oxygen atoms in total. The lowest BCUT2D eigenvalue weighted by Crippen LogP contribution is -2.37. The molecule has 0 aliphatic carbocycles. The van der Waals surface area contributed by atoms with Crippen LogP contribution in [0.15, 0.2) is 58.1 Å². The molecule has 120 valence electrons. The number of ether oxygens (including phenoxy) is 1. The lowest BCUT2D eigenvalue weighted by molar-refractivity contribution is 0.414. The molecule has 4 aromatic rings. The van der Waals surface area contributed by atoms with Crippen LogP contribution in [0.1, 0.15) is 0 Å². The zero-order valence-electron chi connectivity index (χ0n) is 13.1. The van der Waals surface area contributed by atoms with Crippen LogP contribution in [0.4, 0.5) is 0 Å². The number of benzene rings is 2. The molecular weight excluding hydrogens is 324 g/mol. The Bertz CT molecular complexity index is 1180. The molecule has 2 aromatic carbocycles. The van der Waals surface area contributed by atoms with Crippen LogP contribution in [0.5, 0.6) is 5.75 Å². The van der Waals surface area contributed by atoms with E-state index in [0.717, 1.165) is 10.1 Å². The first-order valence-electron chi connectivity index (χ1n) is 7.39. The number of methoxy groups -OCH3 is 1. The molecule has 0 fully saturated rings. The molecule has 6 heteroatoms. The molecule has 0 spiro atoms. The van der Waals surface area contributed by atoms with E-state index in [1.807, 2.05) is 24.3 Å². The second-order valence-corrected chi connectivity index (χ2v) is 6.51. The Morgan fingerprint density at radius 1 is 1.00 bits per heavy atom. The summed E-state index contributed by atoms with van der Waals surface area (Å²) in [6, 6.07) is 14.6. The third-order valence-corrected chi connectivity index (χ3v) is 5.26. The fraction of sp³-hybridized carbons (Fsp3) is 0.111. The number of fused-ring (bicyclic) bond motifs is 3. The second kappa shape index (κ2) is 5.35. The monoisotopic (exact) mass is 338 g/mol. The molecule has 0 N–H and O–H groups in total. The summed E-state index contributed by atoms with van der Waals surface area (Å²) < 4.78 is 9.45. The third kappa shape index (κ3) is 2.00. The molecule has 0 atom stereocenters. The standard InChI is InChI=1S/C18H14N2O3S/c1-19-15-13-5-3-4-6-14(13)24-16(15)17(21)20(18(19)22)11-7-9-12(23-2)10-8-11/h3-10H,1-2H3. The third-order valence-electron chi connectivity index (χ3n) is 4.11. The van der Waals surface area contributed by atoms with Crippen molar-refractivity contribution in [3.05, 3.63) is 69.4 Å². The van der Waals surface area contributed by atoms with Crippen molar-refractivity contribution >= 4 is 31.6 Å². The molecule has 2 heterocycles. The summed E-state index contributed by atoms with van der Waals surface area (Å²) >= 11 is 1.41. The quantitative estimate of drug-likeness (QED) is 0.565. The zero-order chi connectivity index (χ0) is 16.8. The molecule has 0 saturated carbocycles. The van der Waals surface area contributed by atoms with Crippen LogP contribution in [0.25, 0.3) is 26.0 Å². The van der Waals surface area contributed by atoms with E-state index < -0.39 is 0 Å². The maximum absolute atomic E-state index is 13.0. The van der Waals surface area contributed by atoms with Gasteiger partial charge in [0.25, 0.3) is 5.56 Å². The molecule has 0 unspecified atom stereocenters. The van der Waals surface area contributed by atoms with E-state index in [4.69, 9.17) is 4.74 Å². The van der Waals surface area contributed by atoms with Crippen molar-refractivity contribution in [1.82, 2.24) is 9.13 Å². The number of rotatable bonds is 2. The largest absolute Gasteiger partial charge is 0.497 e. The summed E-state index contributed by atoms with van der Waals surface area (Å²) in [6.45, 7) is 0. The van der Waals surface area contributed by atoms with Gasteiger partial charge in [-0.2, -0.15) is 0 Å². The number of hydrogen-bond acceptors (Lipinski definition) is 4. The van der Waals surface area contributed by atoms with Crippen molar-refractivity contribution in [1.29, 1.82) is 0 Å². The van der Waals surface area contributed by atoms with Crippen molar-refractivity contribution in [3.63, 3.8) is 0 Å². The highest BCUT2D eigenvalue weighted by Gasteiger charge is 2.17. The lowest BCUT2D eigenvalue weighted by Gasteiger charge is -2.09. The van der Waals surface area contributed by atoms with Gasteiger partial charge < -0.3 is 4.74 Å². The number of aromatic nitrogens is 2. The molecule has 2 aromatic heterocycles. The maximum atomic E-state index is 13.0. The Balaban J connectivity index is 2.12. The number of hydrogen-bond donors (Lipinski definition) is 0. The first-order valence-corrected chi connectivity index (χ1v) is 8.21. The van der Waals surface area contributed by atoms with E-state index in [0.29, 0.717) is 21.7 Å². The average molecular weight is 338 g/mol. The van der Waals surface area contributed by atoms with Gasteiger partial charge in [0.15, 0.2) is 0 Å². The van der Waals surface area contributed by atoms with E-state index in [1.165, 1.54) is 15.9 Å². The van der Waals surface area contributed by atoms with Gasteiger partial charge in [-0.15, -0.1) is 11.3 Å². The summed E-state index contributed by atoms with van der Waals surface area (Å²) in [5, 5.41) is 0.927. The number of nitrogens with zero attached hydrogens (tertiary/aromatic N) is 2. The summed E-state index contributed by atoms with van der Waals surface area (Å²) in [4.78, 5) is 25.8. The van der Waals surface area contributed by atoms with Crippen molar-refractivity contribution < 1.29 is 4.74 Å². The Labute approximate surface area is 141 Å². The predicted molar refractivity (Wildman–Crippen MR) is 96.7 cm³/mol. The highest BCUT2D eigenvalue weighted by atomic mass is 32.1. The lowest BCUT2D eigenvalue weighted by atomic mass is 10.2. The van der Waals surface area contributed by atoms with Gasteiger partial charge in [-0.25, -0.2) is 9.36 Å². The van der Waals surface area contributed by atoms with Gasteiger partial charge in [0.2, 0.25) is 0 Å². The average Bonchev–Trinajstić information content (AvgIpc) is 3.00. The highest BCUT2D eigenvalue weighted by Crippen LogP contribution is 2.30. The number of thiophene rings is 1. The molecule has 0 aliphatic rings. The molecule has 0 amide bonds.